The van der Waals surface area contributed by atoms with Crippen molar-refractivity contribution in [3.8, 4) is 0 Å². The molecule has 0 aliphatic heterocycles. The zero-order valence-corrected chi connectivity index (χ0v) is 5.85. The first-order valence-corrected chi connectivity index (χ1v) is 2.84. The predicted molar refractivity (Wildman–Crippen MR) is 37.1 cm³/mol. The van der Waals surface area contributed by atoms with Crippen LogP contribution in [0.25, 0.3) is 0 Å². The van der Waals surface area contributed by atoms with Crippen molar-refractivity contribution in [2.24, 2.45) is 0 Å². The van der Waals surface area contributed by atoms with Gasteiger partial charge in [0.25, 0.3) is 0 Å². The van der Waals surface area contributed by atoms with E-state index in [0.717, 1.165) is 4.90 Å². The van der Waals surface area contributed by atoms with E-state index in [-0.39, 0.29) is 12.3 Å². The van der Waals surface area contributed by atoms with Gasteiger partial charge in [0.15, 0.2) is 0 Å². The van der Waals surface area contributed by atoms with E-state index in [0.29, 0.717) is 6.41 Å². The lowest BCUT2D eigenvalue weighted by Crippen LogP contribution is -2.24. The number of rotatable bonds is 3. The molecule has 0 aromatic carbocycles. The zero-order chi connectivity index (χ0) is 7.28. The first-order valence-electron chi connectivity index (χ1n) is 2.37. The highest BCUT2D eigenvalue weighted by Gasteiger charge is 2.02. The van der Waals surface area contributed by atoms with Crippen molar-refractivity contribution >= 4 is 29.9 Å². The van der Waals surface area contributed by atoms with Crippen LogP contribution in [0.4, 0.5) is 0 Å². The third-order valence-corrected chi connectivity index (χ3v) is 0.976. The van der Waals surface area contributed by atoms with E-state index in [1.54, 1.807) is 0 Å². The average molecular weight is 145 g/mol. The van der Waals surface area contributed by atoms with Gasteiger partial charge in [-0.3, -0.25) is 14.5 Å². The molecular formula is C5H7NO2S. The van der Waals surface area contributed by atoms with Crippen molar-refractivity contribution in [3.63, 3.8) is 0 Å². The van der Waals surface area contributed by atoms with Gasteiger partial charge < -0.3 is 0 Å². The molecule has 0 spiro atoms. The zero-order valence-electron chi connectivity index (χ0n) is 5.03. The summed E-state index contributed by atoms with van der Waals surface area (Å²) in [4.78, 5) is 21.4. The Labute approximate surface area is 58.6 Å². The first kappa shape index (κ1) is 8.23. The average Bonchev–Trinajstić information content (AvgIpc) is 1.87. The number of hydrogen-bond acceptors (Lipinski definition) is 3. The van der Waals surface area contributed by atoms with E-state index >= 15 is 0 Å². The number of imide groups is 1. The van der Waals surface area contributed by atoms with E-state index in [1.165, 1.54) is 12.4 Å². The van der Waals surface area contributed by atoms with E-state index in [4.69, 9.17) is 0 Å². The van der Waals surface area contributed by atoms with Gasteiger partial charge in [0.1, 0.15) is 0 Å². The van der Waals surface area contributed by atoms with E-state index in [1.807, 2.05) is 0 Å². The second kappa shape index (κ2) is 4.14. The molecule has 0 aliphatic carbocycles. The molecule has 0 bridgehead atoms. The van der Waals surface area contributed by atoms with E-state index < -0.39 is 0 Å². The summed E-state index contributed by atoms with van der Waals surface area (Å²) in [6.45, 7) is 0. The molecule has 0 aromatic rings. The van der Waals surface area contributed by atoms with Crippen molar-refractivity contribution in [3.05, 3.63) is 0 Å². The standard InChI is InChI=1S/C5H7NO2S/c1-6(4-7)5(8)2-3-9/h3-4H,2H2,1H3. The molecule has 50 valence electrons. The van der Waals surface area contributed by atoms with Gasteiger partial charge in [0, 0.05) is 7.05 Å². The maximum absolute atomic E-state index is 10.6. The number of thiocarbonyl (C=S) groups is 1. The first-order chi connectivity index (χ1) is 4.22. The fraction of sp³-hybridized carbons (Fsp3) is 0.400. The molecule has 0 saturated carbocycles. The van der Waals surface area contributed by atoms with Gasteiger partial charge in [-0.15, -0.1) is 0 Å². The molecule has 0 atom stereocenters. The molecule has 0 fully saturated rings. The highest BCUT2D eigenvalue weighted by Crippen LogP contribution is 1.82. The van der Waals surface area contributed by atoms with Crippen LogP contribution in [-0.2, 0) is 9.59 Å². The van der Waals surface area contributed by atoms with Crippen LogP contribution in [0.1, 0.15) is 6.42 Å². The maximum atomic E-state index is 10.6. The van der Waals surface area contributed by atoms with Crippen LogP contribution in [0.3, 0.4) is 0 Å². The van der Waals surface area contributed by atoms with Crippen molar-refractivity contribution in [1.82, 2.24) is 4.90 Å². The summed E-state index contributed by atoms with van der Waals surface area (Å²) in [5.74, 6) is -0.278. The minimum atomic E-state index is -0.278. The Kier molecular flexibility index (Phi) is 3.79. The fourth-order valence-corrected chi connectivity index (χ4v) is 0.417. The predicted octanol–water partition coefficient (Wildman–Crippen LogP) is -0.00900. The molecular weight excluding hydrogens is 138 g/mol. The molecule has 0 aliphatic rings. The summed E-state index contributed by atoms with van der Waals surface area (Å²) in [7, 11) is 1.40. The van der Waals surface area contributed by atoms with Gasteiger partial charge in [-0.05, 0) is 5.37 Å². The normalized spacial score (nSPS) is 8.11. The molecule has 0 radical (unpaired) electrons. The second-order valence-electron chi connectivity index (χ2n) is 1.48. The SMILES string of the molecule is CN(C=O)C(=O)CC=S. The Hall–Kier alpha value is -0.770. The van der Waals surface area contributed by atoms with Crippen molar-refractivity contribution in [1.29, 1.82) is 0 Å². The minimum absolute atomic E-state index is 0.143. The van der Waals surface area contributed by atoms with Crippen LogP contribution in [0, 0.1) is 0 Å². The smallest absolute Gasteiger partial charge is 0.233 e. The van der Waals surface area contributed by atoms with Crippen LogP contribution in [0.15, 0.2) is 0 Å². The number of carbonyl (C=O) groups is 2. The molecule has 0 saturated heterocycles. The third-order valence-electron chi connectivity index (χ3n) is 0.809. The molecule has 0 unspecified atom stereocenters. The number of nitrogens with zero attached hydrogens (tertiary/aromatic N) is 1. The van der Waals surface area contributed by atoms with Crippen LogP contribution < -0.4 is 0 Å². The highest BCUT2D eigenvalue weighted by atomic mass is 32.1. The number of amides is 2. The second-order valence-corrected chi connectivity index (χ2v) is 1.81. The fourth-order valence-electron chi connectivity index (χ4n) is 0.274. The van der Waals surface area contributed by atoms with Crippen LogP contribution in [0.2, 0.25) is 0 Å². The summed E-state index contributed by atoms with van der Waals surface area (Å²) in [6.07, 6.45) is 0.603. The quantitative estimate of drug-likeness (QED) is 0.414. The number of carbonyl (C=O) groups excluding carboxylic acids is 2. The Bertz CT molecular complexity index is 135. The van der Waals surface area contributed by atoms with Crippen molar-refractivity contribution < 1.29 is 9.59 Å². The van der Waals surface area contributed by atoms with Gasteiger partial charge in [-0.25, -0.2) is 0 Å². The topological polar surface area (TPSA) is 37.4 Å². The Morgan fingerprint density at radius 3 is 2.67 bits per heavy atom. The Morgan fingerprint density at radius 1 is 1.78 bits per heavy atom. The molecule has 0 N–H and O–H groups in total. The van der Waals surface area contributed by atoms with Gasteiger partial charge in [-0.2, -0.15) is 0 Å². The largest absolute Gasteiger partial charge is 0.288 e. The lowest BCUT2D eigenvalue weighted by molar-refractivity contribution is -0.135. The monoisotopic (exact) mass is 145 g/mol. The summed E-state index contributed by atoms with van der Waals surface area (Å²) in [5.41, 5.74) is 0. The third kappa shape index (κ3) is 2.92. The van der Waals surface area contributed by atoms with Gasteiger partial charge in [0.05, 0.1) is 6.42 Å². The summed E-state index contributed by atoms with van der Waals surface area (Å²) in [5, 5.41) is 1.29. The van der Waals surface area contributed by atoms with Gasteiger partial charge >= 0.3 is 0 Å². The van der Waals surface area contributed by atoms with Gasteiger partial charge in [-0.1, -0.05) is 12.2 Å². The minimum Gasteiger partial charge on any atom is -0.288 e. The molecule has 0 rings (SSSR count). The van der Waals surface area contributed by atoms with Crippen molar-refractivity contribution in [2.45, 2.75) is 6.42 Å². The van der Waals surface area contributed by atoms with Crippen LogP contribution >= 0.6 is 12.2 Å². The molecule has 4 heteroatoms. The number of hydrogen-bond donors (Lipinski definition) is 0. The molecule has 0 heterocycles. The molecule has 3 nitrogen and oxygen atoms in total. The van der Waals surface area contributed by atoms with Crippen LogP contribution in [0.5, 0.6) is 0 Å². The summed E-state index contributed by atoms with van der Waals surface area (Å²) in [6, 6.07) is 0. The lowest BCUT2D eigenvalue weighted by Gasteiger charge is -2.03. The van der Waals surface area contributed by atoms with E-state index in [2.05, 4.69) is 12.2 Å². The highest BCUT2D eigenvalue weighted by molar-refractivity contribution is 7.79. The molecule has 0 aromatic heterocycles. The molecule has 9 heavy (non-hydrogen) atoms. The maximum Gasteiger partial charge on any atom is 0.233 e. The molecule has 2 amide bonds. The summed E-state index contributed by atoms with van der Waals surface area (Å²) >= 11 is 4.41. The van der Waals surface area contributed by atoms with Gasteiger partial charge in [0.2, 0.25) is 12.3 Å². The lowest BCUT2D eigenvalue weighted by atomic mass is 10.4. The van der Waals surface area contributed by atoms with E-state index in [9.17, 15) is 9.59 Å². The van der Waals surface area contributed by atoms with Crippen LogP contribution in [-0.4, -0.2) is 29.6 Å². The Morgan fingerprint density at radius 2 is 2.33 bits per heavy atom. The summed E-state index contributed by atoms with van der Waals surface area (Å²) < 4.78 is 0. The Balaban J connectivity index is 3.71. The van der Waals surface area contributed by atoms with Crippen molar-refractivity contribution in [2.75, 3.05) is 7.05 Å².